The van der Waals surface area contributed by atoms with Gasteiger partial charge in [-0.1, -0.05) is 35.4 Å². The van der Waals surface area contributed by atoms with Crippen molar-refractivity contribution in [3.63, 3.8) is 0 Å². The molecule has 0 aliphatic heterocycles. The van der Waals surface area contributed by atoms with Gasteiger partial charge in [-0.25, -0.2) is 4.98 Å². The highest BCUT2D eigenvalue weighted by Gasteiger charge is 2.16. The van der Waals surface area contributed by atoms with Crippen LogP contribution in [0.2, 0.25) is 5.28 Å². The predicted molar refractivity (Wildman–Crippen MR) is 104 cm³/mol. The first-order valence-electron chi connectivity index (χ1n) is 8.34. The lowest BCUT2D eigenvalue weighted by Gasteiger charge is -2.13. The summed E-state index contributed by atoms with van der Waals surface area (Å²) in [5, 5.41) is 0.221. The summed E-state index contributed by atoms with van der Waals surface area (Å²) < 4.78 is 0. The lowest BCUT2D eigenvalue weighted by molar-refractivity contribution is 1.05. The minimum Gasteiger partial charge on any atom is -0.208 e. The third kappa shape index (κ3) is 3.42. The Morgan fingerprint density at radius 3 is 1.20 bits per heavy atom. The number of benzene rings is 2. The van der Waals surface area contributed by atoms with Crippen LogP contribution in [-0.2, 0) is 0 Å². The Morgan fingerprint density at radius 2 is 0.880 bits per heavy atom. The van der Waals surface area contributed by atoms with E-state index in [1.165, 1.54) is 11.1 Å². The summed E-state index contributed by atoms with van der Waals surface area (Å²) in [6.45, 7) is 12.5. The van der Waals surface area contributed by atoms with E-state index >= 15 is 0 Å². The molecule has 128 valence electrons. The fourth-order valence-corrected chi connectivity index (χ4v) is 3.80. The van der Waals surface area contributed by atoms with Gasteiger partial charge in [0.05, 0.1) is 0 Å². The van der Waals surface area contributed by atoms with Crippen LogP contribution in [0.15, 0.2) is 24.3 Å². The highest BCUT2D eigenvalue weighted by molar-refractivity contribution is 6.28. The molecule has 0 amide bonds. The molecule has 3 nitrogen and oxygen atoms in total. The maximum Gasteiger partial charge on any atom is 0.226 e. The van der Waals surface area contributed by atoms with Crippen LogP contribution in [0.25, 0.3) is 22.8 Å². The van der Waals surface area contributed by atoms with Crippen LogP contribution in [0.5, 0.6) is 0 Å². The van der Waals surface area contributed by atoms with Gasteiger partial charge in [0, 0.05) is 11.1 Å². The molecule has 0 aliphatic carbocycles. The summed E-state index contributed by atoms with van der Waals surface area (Å²) in [5.41, 5.74) is 9.07. The number of aryl methyl sites for hydroxylation is 6. The molecule has 0 spiro atoms. The normalized spacial score (nSPS) is 11.0. The fraction of sp³-hybridized carbons (Fsp3) is 0.286. The van der Waals surface area contributed by atoms with Crippen LogP contribution >= 0.6 is 11.6 Å². The molecule has 0 aliphatic rings. The number of rotatable bonds is 2. The maximum atomic E-state index is 6.26. The van der Waals surface area contributed by atoms with Gasteiger partial charge in [0.1, 0.15) is 0 Å². The van der Waals surface area contributed by atoms with Gasteiger partial charge in [-0.3, -0.25) is 0 Å². The van der Waals surface area contributed by atoms with Gasteiger partial charge < -0.3 is 0 Å². The molecule has 1 aromatic heterocycles. The highest BCUT2D eigenvalue weighted by atomic mass is 35.5. The van der Waals surface area contributed by atoms with Gasteiger partial charge in [-0.05, 0) is 75.4 Å². The number of hydrogen-bond donors (Lipinski definition) is 0. The van der Waals surface area contributed by atoms with E-state index in [4.69, 9.17) is 16.6 Å². The van der Waals surface area contributed by atoms with Crippen LogP contribution < -0.4 is 0 Å². The molecule has 0 saturated carbocycles. The third-order valence-electron chi connectivity index (χ3n) is 4.41. The molecule has 3 rings (SSSR count). The smallest absolute Gasteiger partial charge is 0.208 e. The van der Waals surface area contributed by atoms with Gasteiger partial charge in [0.25, 0.3) is 0 Å². The second kappa shape index (κ2) is 6.57. The minimum absolute atomic E-state index is 0.221. The minimum atomic E-state index is 0.221. The lowest BCUT2D eigenvalue weighted by Crippen LogP contribution is -2.02. The Balaban J connectivity index is 2.25. The summed E-state index contributed by atoms with van der Waals surface area (Å²) >= 11 is 6.26. The molecule has 0 bridgehead atoms. The Labute approximate surface area is 154 Å². The van der Waals surface area contributed by atoms with Gasteiger partial charge in [0.2, 0.25) is 5.28 Å². The van der Waals surface area contributed by atoms with E-state index in [-0.39, 0.29) is 5.28 Å². The Kier molecular flexibility index (Phi) is 4.61. The van der Waals surface area contributed by atoms with E-state index in [1.54, 1.807) is 0 Å². The zero-order chi connectivity index (χ0) is 18.3. The topological polar surface area (TPSA) is 38.7 Å². The van der Waals surface area contributed by atoms with Crippen LogP contribution in [0.1, 0.15) is 33.4 Å². The Bertz CT molecular complexity index is 855. The van der Waals surface area contributed by atoms with E-state index in [1.807, 2.05) is 0 Å². The summed E-state index contributed by atoms with van der Waals surface area (Å²) in [7, 11) is 0. The van der Waals surface area contributed by atoms with Crippen molar-refractivity contribution in [2.24, 2.45) is 0 Å². The van der Waals surface area contributed by atoms with Crippen molar-refractivity contribution in [2.75, 3.05) is 0 Å². The zero-order valence-corrected chi connectivity index (χ0v) is 16.3. The number of hydrogen-bond acceptors (Lipinski definition) is 3. The van der Waals surface area contributed by atoms with Crippen LogP contribution in [0, 0.1) is 41.5 Å². The first kappa shape index (κ1) is 17.6. The molecule has 2 aromatic carbocycles. The van der Waals surface area contributed by atoms with Gasteiger partial charge in [-0.2, -0.15) is 9.97 Å². The van der Waals surface area contributed by atoms with Crippen molar-refractivity contribution in [1.82, 2.24) is 15.0 Å². The van der Waals surface area contributed by atoms with Crippen LogP contribution in [0.3, 0.4) is 0 Å². The molecule has 0 radical (unpaired) electrons. The van der Waals surface area contributed by atoms with Gasteiger partial charge >= 0.3 is 0 Å². The first-order chi connectivity index (χ1) is 11.8. The predicted octanol–water partition coefficient (Wildman–Crippen LogP) is 5.71. The summed E-state index contributed by atoms with van der Waals surface area (Å²) in [6.07, 6.45) is 0. The molecule has 25 heavy (non-hydrogen) atoms. The molecule has 1 heterocycles. The van der Waals surface area contributed by atoms with Crippen LogP contribution in [0.4, 0.5) is 0 Å². The SMILES string of the molecule is Cc1cc(C)c(-c2nc(Cl)nc(-c3c(C)cc(C)cc3C)n2)c(C)c1. The molecule has 0 fully saturated rings. The van der Waals surface area contributed by atoms with E-state index < -0.39 is 0 Å². The number of aromatic nitrogens is 3. The van der Waals surface area contributed by atoms with E-state index in [2.05, 4.69) is 75.8 Å². The third-order valence-corrected chi connectivity index (χ3v) is 4.58. The lowest BCUT2D eigenvalue weighted by atomic mass is 9.98. The van der Waals surface area contributed by atoms with Crippen molar-refractivity contribution in [3.05, 3.63) is 62.9 Å². The second-order valence-corrected chi connectivity index (χ2v) is 7.14. The Morgan fingerprint density at radius 1 is 0.560 bits per heavy atom. The average molecular weight is 352 g/mol. The van der Waals surface area contributed by atoms with Crippen molar-refractivity contribution in [1.29, 1.82) is 0 Å². The molecule has 0 saturated heterocycles. The monoisotopic (exact) mass is 351 g/mol. The summed E-state index contributed by atoms with van der Waals surface area (Å²) in [5.74, 6) is 1.26. The Hall–Kier alpha value is -2.26. The van der Waals surface area contributed by atoms with E-state index in [0.29, 0.717) is 11.6 Å². The van der Waals surface area contributed by atoms with Crippen molar-refractivity contribution in [3.8, 4) is 22.8 Å². The standard InChI is InChI=1S/C21H22ClN3/c1-11-7-13(3)17(14(4)8-11)19-23-20(25-21(22)24-19)18-15(5)9-12(2)10-16(18)6/h7-10H,1-6H3. The van der Waals surface area contributed by atoms with Crippen molar-refractivity contribution in [2.45, 2.75) is 41.5 Å². The van der Waals surface area contributed by atoms with Crippen LogP contribution in [-0.4, -0.2) is 15.0 Å². The molecular formula is C21H22ClN3. The summed E-state index contributed by atoms with van der Waals surface area (Å²) in [4.78, 5) is 13.6. The summed E-state index contributed by atoms with van der Waals surface area (Å²) in [6, 6.07) is 8.56. The van der Waals surface area contributed by atoms with Crippen molar-refractivity contribution < 1.29 is 0 Å². The molecule has 0 N–H and O–H groups in total. The van der Waals surface area contributed by atoms with E-state index in [9.17, 15) is 0 Å². The van der Waals surface area contributed by atoms with Crippen molar-refractivity contribution >= 4 is 11.6 Å². The van der Waals surface area contributed by atoms with Gasteiger partial charge in [-0.15, -0.1) is 0 Å². The maximum absolute atomic E-state index is 6.26. The zero-order valence-electron chi connectivity index (χ0n) is 15.5. The average Bonchev–Trinajstić information content (AvgIpc) is 2.44. The number of nitrogens with zero attached hydrogens (tertiary/aromatic N) is 3. The second-order valence-electron chi connectivity index (χ2n) is 6.80. The molecule has 0 atom stereocenters. The number of halogens is 1. The van der Waals surface area contributed by atoms with E-state index in [0.717, 1.165) is 33.4 Å². The largest absolute Gasteiger partial charge is 0.226 e. The molecule has 3 aromatic rings. The molecule has 0 unspecified atom stereocenters. The highest BCUT2D eigenvalue weighted by Crippen LogP contribution is 2.30. The molecular weight excluding hydrogens is 330 g/mol. The fourth-order valence-electron chi connectivity index (χ4n) is 3.64. The first-order valence-corrected chi connectivity index (χ1v) is 8.72. The molecule has 4 heteroatoms. The quantitative estimate of drug-likeness (QED) is 0.593. The van der Waals surface area contributed by atoms with Gasteiger partial charge in [0.15, 0.2) is 11.6 Å².